The third kappa shape index (κ3) is 2.05. The highest BCUT2D eigenvalue weighted by molar-refractivity contribution is 9.10. The van der Waals surface area contributed by atoms with Crippen molar-refractivity contribution in [2.45, 2.75) is 0 Å². The molecule has 0 unspecified atom stereocenters. The second-order valence-corrected chi connectivity index (χ2v) is 4.60. The van der Waals surface area contributed by atoms with Crippen LogP contribution in [0.2, 0.25) is 5.02 Å². The Morgan fingerprint density at radius 1 is 1.50 bits per heavy atom. The van der Waals surface area contributed by atoms with Crippen LogP contribution in [0.3, 0.4) is 0 Å². The molecule has 1 heterocycles. The first-order chi connectivity index (χ1) is 7.59. The summed E-state index contributed by atoms with van der Waals surface area (Å²) in [6, 6.07) is 4.49. The first-order valence-electron chi connectivity index (χ1n) is 4.64. The number of halogens is 2. The number of hydrogen-bond acceptors (Lipinski definition) is 2. The van der Waals surface area contributed by atoms with Gasteiger partial charge in [-0.3, -0.25) is 9.69 Å². The van der Waals surface area contributed by atoms with Crippen LogP contribution in [0.15, 0.2) is 22.7 Å². The van der Waals surface area contributed by atoms with E-state index in [0.717, 1.165) is 0 Å². The van der Waals surface area contributed by atoms with E-state index in [4.69, 9.17) is 11.6 Å². The quantitative estimate of drug-likeness (QED) is 0.865. The van der Waals surface area contributed by atoms with Gasteiger partial charge < -0.3 is 5.32 Å². The zero-order valence-electron chi connectivity index (χ0n) is 8.17. The van der Waals surface area contributed by atoms with Gasteiger partial charge in [0.1, 0.15) is 0 Å². The molecule has 1 saturated heterocycles. The van der Waals surface area contributed by atoms with Gasteiger partial charge in [-0.2, -0.15) is 0 Å². The molecule has 1 N–H and O–H groups in total. The largest absolute Gasteiger partial charge is 0.336 e. The summed E-state index contributed by atoms with van der Waals surface area (Å²) in [5.74, 6) is -0.321. The Morgan fingerprint density at radius 2 is 2.25 bits per heavy atom. The molecule has 0 radical (unpaired) electrons. The van der Waals surface area contributed by atoms with Gasteiger partial charge in [0.15, 0.2) is 0 Å². The molecule has 84 valence electrons. The van der Waals surface area contributed by atoms with Crippen molar-refractivity contribution in [3.8, 4) is 0 Å². The maximum atomic E-state index is 12.0. The first-order valence-corrected chi connectivity index (χ1v) is 5.81. The molecule has 1 aromatic carbocycles. The average Bonchev–Trinajstić information content (AvgIpc) is 2.63. The van der Waals surface area contributed by atoms with Gasteiger partial charge in [0.05, 0.1) is 5.56 Å². The molecule has 0 aliphatic carbocycles. The normalized spacial score (nSPS) is 15.1. The Morgan fingerprint density at radius 3 is 2.81 bits per heavy atom. The number of rotatable bonds is 1. The predicted octanol–water partition coefficient (Wildman–Crippen LogP) is 2.27. The first kappa shape index (κ1) is 11.4. The Bertz CT molecular complexity index is 464. The van der Waals surface area contributed by atoms with Crippen LogP contribution in [-0.4, -0.2) is 29.9 Å². The summed E-state index contributed by atoms with van der Waals surface area (Å²) in [7, 11) is 0. The topological polar surface area (TPSA) is 49.4 Å². The number of nitrogens with one attached hydrogen (secondary N) is 1. The molecule has 0 aromatic heterocycles. The lowest BCUT2D eigenvalue weighted by Gasteiger charge is -2.13. The van der Waals surface area contributed by atoms with Crippen molar-refractivity contribution < 1.29 is 9.59 Å². The molecule has 1 fully saturated rings. The van der Waals surface area contributed by atoms with E-state index in [1.807, 2.05) is 0 Å². The number of carbonyl (C=O) groups is 2. The molecule has 1 aromatic rings. The molecule has 16 heavy (non-hydrogen) atoms. The van der Waals surface area contributed by atoms with E-state index in [9.17, 15) is 9.59 Å². The Labute approximate surface area is 106 Å². The lowest BCUT2D eigenvalue weighted by molar-refractivity contribution is 0.0828. The molecule has 3 amide bonds. The van der Waals surface area contributed by atoms with Crippen molar-refractivity contribution in [1.82, 2.24) is 10.2 Å². The number of urea groups is 1. The summed E-state index contributed by atoms with van der Waals surface area (Å²) in [6.07, 6.45) is 0. The van der Waals surface area contributed by atoms with Crippen LogP contribution in [0.1, 0.15) is 10.4 Å². The minimum Gasteiger partial charge on any atom is -0.336 e. The molecule has 1 aliphatic rings. The van der Waals surface area contributed by atoms with Gasteiger partial charge in [0.2, 0.25) is 0 Å². The van der Waals surface area contributed by atoms with Gasteiger partial charge in [-0.15, -0.1) is 0 Å². The van der Waals surface area contributed by atoms with Gasteiger partial charge in [-0.1, -0.05) is 11.6 Å². The molecule has 4 nitrogen and oxygen atoms in total. The number of benzene rings is 1. The third-order valence-corrected chi connectivity index (χ3v) is 3.15. The highest BCUT2D eigenvalue weighted by Crippen LogP contribution is 2.23. The van der Waals surface area contributed by atoms with E-state index >= 15 is 0 Å². The maximum Gasteiger partial charge on any atom is 0.324 e. The van der Waals surface area contributed by atoms with E-state index < -0.39 is 0 Å². The summed E-state index contributed by atoms with van der Waals surface area (Å²) in [5.41, 5.74) is 0.432. The monoisotopic (exact) mass is 302 g/mol. The highest BCUT2D eigenvalue weighted by Gasteiger charge is 2.28. The van der Waals surface area contributed by atoms with Crippen LogP contribution in [0.5, 0.6) is 0 Å². The molecule has 0 bridgehead atoms. The average molecular weight is 304 g/mol. The van der Waals surface area contributed by atoms with Gasteiger partial charge in [-0.25, -0.2) is 4.79 Å². The van der Waals surface area contributed by atoms with Crippen LogP contribution < -0.4 is 5.32 Å². The number of nitrogens with zero attached hydrogens (tertiary/aromatic N) is 1. The Balaban J connectivity index is 2.30. The number of hydrogen-bond donors (Lipinski definition) is 1. The van der Waals surface area contributed by atoms with Gasteiger partial charge in [-0.05, 0) is 34.1 Å². The summed E-state index contributed by atoms with van der Waals surface area (Å²) >= 11 is 9.03. The second-order valence-electron chi connectivity index (χ2n) is 3.31. The molecule has 0 spiro atoms. The van der Waals surface area contributed by atoms with Crippen LogP contribution >= 0.6 is 27.5 Å². The minimum absolute atomic E-state index is 0.321. The molecule has 0 atom stereocenters. The molecule has 2 rings (SSSR count). The summed E-state index contributed by atoms with van der Waals surface area (Å²) in [6.45, 7) is 0.891. The van der Waals surface area contributed by atoms with Crippen molar-refractivity contribution in [2.24, 2.45) is 0 Å². The SMILES string of the molecule is O=C1NCCN1C(=O)c1ccc(Cl)cc1Br. The van der Waals surface area contributed by atoms with Crippen LogP contribution in [0.25, 0.3) is 0 Å². The Hall–Kier alpha value is -1.07. The van der Waals surface area contributed by atoms with Crippen LogP contribution in [-0.2, 0) is 0 Å². The maximum absolute atomic E-state index is 12.0. The number of carbonyl (C=O) groups excluding carboxylic acids is 2. The zero-order valence-corrected chi connectivity index (χ0v) is 10.5. The van der Waals surface area contributed by atoms with E-state index in [1.54, 1.807) is 18.2 Å². The van der Waals surface area contributed by atoms with Gasteiger partial charge in [0, 0.05) is 22.6 Å². The third-order valence-electron chi connectivity index (χ3n) is 2.26. The van der Waals surface area contributed by atoms with Crippen molar-refractivity contribution in [3.05, 3.63) is 33.3 Å². The number of imide groups is 1. The highest BCUT2D eigenvalue weighted by atomic mass is 79.9. The van der Waals surface area contributed by atoms with Gasteiger partial charge in [0.25, 0.3) is 5.91 Å². The molecule has 0 saturated carbocycles. The van der Waals surface area contributed by atoms with E-state index in [0.29, 0.717) is 28.1 Å². The zero-order chi connectivity index (χ0) is 11.7. The fourth-order valence-corrected chi connectivity index (χ4v) is 2.33. The standard InChI is InChI=1S/C10H8BrClN2O2/c11-8-5-6(12)1-2-7(8)9(15)14-4-3-13-10(14)16/h1-2,5H,3-4H2,(H,13,16). The Kier molecular flexibility index (Phi) is 3.16. The fraction of sp³-hybridized carbons (Fsp3) is 0.200. The number of amides is 3. The second kappa shape index (κ2) is 4.43. The minimum atomic E-state index is -0.355. The van der Waals surface area contributed by atoms with Crippen LogP contribution in [0.4, 0.5) is 4.79 Å². The smallest absolute Gasteiger partial charge is 0.324 e. The lowest BCUT2D eigenvalue weighted by Crippen LogP contribution is -2.34. The predicted molar refractivity (Wildman–Crippen MR) is 63.6 cm³/mol. The van der Waals surface area contributed by atoms with Crippen molar-refractivity contribution >= 4 is 39.5 Å². The molecule has 6 heteroatoms. The molecular formula is C10H8BrClN2O2. The fourth-order valence-electron chi connectivity index (χ4n) is 1.47. The molecular weight excluding hydrogens is 295 g/mol. The van der Waals surface area contributed by atoms with E-state index in [1.165, 1.54) is 4.90 Å². The van der Waals surface area contributed by atoms with Crippen molar-refractivity contribution in [1.29, 1.82) is 0 Å². The summed E-state index contributed by atoms with van der Waals surface area (Å²) in [4.78, 5) is 24.5. The van der Waals surface area contributed by atoms with E-state index in [-0.39, 0.29) is 11.9 Å². The van der Waals surface area contributed by atoms with Crippen molar-refractivity contribution in [2.75, 3.05) is 13.1 Å². The summed E-state index contributed by atoms with van der Waals surface area (Å²) in [5, 5.41) is 3.11. The summed E-state index contributed by atoms with van der Waals surface area (Å²) < 4.78 is 0.588. The lowest BCUT2D eigenvalue weighted by atomic mass is 10.2. The molecule has 1 aliphatic heterocycles. The van der Waals surface area contributed by atoms with E-state index in [2.05, 4.69) is 21.2 Å². The van der Waals surface area contributed by atoms with Crippen molar-refractivity contribution in [3.63, 3.8) is 0 Å². The van der Waals surface area contributed by atoms with Gasteiger partial charge >= 0.3 is 6.03 Å². The van der Waals surface area contributed by atoms with Crippen LogP contribution in [0, 0.1) is 0 Å².